The van der Waals surface area contributed by atoms with Crippen LogP contribution in [0, 0.1) is 0 Å². The molecule has 4 heterocycles. The van der Waals surface area contributed by atoms with Gasteiger partial charge in [-0.15, -0.1) is 11.3 Å². The maximum absolute atomic E-state index is 4.68. The lowest BCUT2D eigenvalue weighted by atomic mass is 9.88. The summed E-state index contributed by atoms with van der Waals surface area (Å²) in [5.41, 5.74) is 13.2. The van der Waals surface area contributed by atoms with Gasteiger partial charge in [-0.05, 0) is 69.8 Å². The van der Waals surface area contributed by atoms with Gasteiger partial charge in [0.25, 0.3) is 0 Å². The summed E-state index contributed by atoms with van der Waals surface area (Å²) in [6, 6.07) is 48.3. The van der Waals surface area contributed by atoms with E-state index in [1.54, 1.807) is 0 Å². The quantitative estimate of drug-likeness (QED) is 0.209. The zero-order valence-corrected chi connectivity index (χ0v) is 26.8. The first-order chi connectivity index (χ1) is 23.8. The van der Waals surface area contributed by atoms with Crippen LogP contribution in [0.5, 0.6) is 0 Å². The van der Waals surface area contributed by atoms with Crippen molar-refractivity contribution in [2.75, 3.05) is 0 Å². The highest BCUT2D eigenvalue weighted by Crippen LogP contribution is 2.49. The predicted octanol–water partition coefficient (Wildman–Crippen LogP) is 11.4. The Morgan fingerprint density at radius 2 is 1.44 bits per heavy atom. The third-order valence-electron chi connectivity index (χ3n) is 9.69. The summed E-state index contributed by atoms with van der Waals surface area (Å²) in [4.78, 5) is 5.99. The van der Waals surface area contributed by atoms with E-state index in [1.165, 1.54) is 70.2 Å². The fraction of sp³-hybridized carbons (Fsp3) is 0.0227. The van der Waals surface area contributed by atoms with Gasteiger partial charge < -0.3 is 9.88 Å². The van der Waals surface area contributed by atoms with Crippen molar-refractivity contribution in [3.63, 3.8) is 0 Å². The van der Waals surface area contributed by atoms with Gasteiger partial charge >= 0.3 is 0 Å². The normalized spacial score (nSPS) is 15.2. The molecule has 3 nitrogen and oxygen atoms in total. The smallest absolute Gasteiger partial charge is 0.0942 e. The average molecular weight is 632 g/mol. The fourth-order valence-corrected chi connectivity index (χ4v) is 8.90. The van der Waals surface area contributed by atoms with Crippen molar-refractivity contribution in [3.05, 3.63) is 180 Å². The molecule has 0 fully saturated rings. The first-order valence-corrected chi connectivity index (χ1v) is 17.1. The summed E-state index contributed by atoms with van der Waals surface area (Å²) in [6.45, 7) is 0. The molecule has 1 N–H and O–H groups in total. The van der Waals surface area contributed by atoms with E-state index in [1.807, 2.05) is 23.6 Å². The van der Waals surface area contributed by atoms with E-state index in [2.05, 4.69) is 167 Å². The predicted molar refractivity (Wildman–Crippen MR) is 202 cm³/mol. The van der Waals surface area contributed by atoms with Crippen LogP contribution in [0.25, 0.3) is 70.8 Å². The summed E-state index contributed by atoms with van der Waals surface area (Å²) in [7, 11) is 0. The minimum atomic E-state index is 0.0743. The Hall–Kier alpha value is -5.97. The molecule has 1 unspecified atom stereocenters. The highest BCUT2D eigenvalue weighted by molar-refractivity contribution is 7.24. The Labute approximate surface area is 282 Å². The van der Waals surface area contributed by atoms with Crippen molar-refractivity contribution in [2.45, 2.75) is 6.04 Å². The number of aromatic nitrogens is 2. The second kappa shape index (κ2) is 10.8. The number of allylic oxidation sites excluding steroid dienone is 2. The molecular formula is C44H29N3S. The third kappa shape index (κ3) is 4.16. The molecule has 1 aliphatic carbocycles. The zero-order valence-electron chi connectivity index (χ0n) is 26.0. The SMILES string of the molecule is C1=Cc2cccnc2C2NC=C(c3cccc(-n4c5ccccc5c5c6sc(-c7ccccc7)c(-c7ccccc7)c6ccc54)c3)C=C12. The van der Waals surface area contributed by atoms with Crippen LogP contribution in [0.15, 0.2) is 164 Å². The zero-order chi connectivity index (χ0) is 31.6. The van der Waals surface area contributed by atoms with Crippen molar-refractivity contribution >= 4 is 54.9 Å². The topological polar surface area (TPSA) is 29.9 Å². The van der Waals surface area contributed by atoms with E-state index in [0.717, 1.165) is 17.0 Å². The van der Waals surface area contributed by atoms with E-state index >= 15 is 0 Å². The molecule has 226 valence electrons. The highest BCUT2D eigenvalue weighted by atomic mass is 32.1. The largest absolute Gasteiger partial charge is 0.378 e. The van der Waals surface area contributed by atoms with Crippen LogP contribution in [0.3, 0.4) is 0 Å². The number of nitrogens with zero attached hydrogens (tertiary/aromatic N) is 2. The molecule has 0 amide bonds. The van der Waals surface area contributed by atoms with Crippen LogP contribution in [0.2, 0.25) is 0 Å². The van der Waals surface area contributed by atoms with Crippen LogP contribution < -0.4 is 5.32 Å². The molecule has 0 radical (unpaired) electrons. The van der Waals surface area contributed by atoms with Gasteiger partial charge in [-0.2, -0.15) is 0 Å². The molecule has 1 atom stereocenters. The van der Waals surface area contributed by atoms with Gasteiger partial charge in [-0.25, -0.2) is 0 Å². The van der Waals surface area contributed by atoms with E-state index in [9.17, 15) is 0 Å². The second-order valence-electron chi connectivity index (χ2n) is 12.4. The standard InChI is InChI=1S/C44H29N3S/c1-3-11-28(12-4-1)39-36-22-23-38-40(44(36)48-43(39)30-13-5-2-6-14-30)35-18-7-8-19-37(35)47(38)34-17-9-15-31(26-34)33-25-32-21-20-29-16-10-24-45-41(29)42(32)46-27-33/h1-27,42,46H. The third-order valence-corrected chi connectivity index (χ3v) is 11.0. The summed E-state index contributed by atoms with van der Waals surface area (Å²) in [5, 5.41) is 7.52. The van der Waals surface area contributed by atoms with E-state index < -0.39 is 0 Å². The maximum atomic E-state index is 4.68. The van der Waals surface area contributed by atoms with E-state index in [0.29, 0.717) is 0 Å². The van der Waals surface area contributed by atoms with Crippen molar-refractivity contribution in [3.8, 4) is 27.3 Å². The van der Waals surface area contributed by atoms with Gasteiger partial charge in [0.15, 0.2) is 0 Å². The Bertz CT molecular complexity index is 2640. The molecule has 4 heteroatoms. The maximum Gasteiger partial charge on any atom is 0.0942 e. The molecule has 0 saturated carbocycles. The fourth-order valence-electron chi connectivity index (χ4n) is 7.51. The number of hydrogen-bond acceptors (Lipinski definition) is 3. The average Bonchev–Trinajstić information content (AvgIpc) is 3.72. The van der Waals surface area contributed by atoms with Gasteiger partial charge in [0.05, 0.1) is 22.8 Å². The molecule has 10 rings (SSSR count). The molecule has 1 aliphatic heterocycles. The lowest BCUT2D eigenvalue weighted by Crippen LogP contribution is -2.24. The molecule has 3 aromatic heterocycles. The van der Waals surface area contributed by atoms with Gasteiger partial charge in [0.2, 0.25) is 0 Å². The summed E-state index contributed by atoms with van der Waals surface area (Å²) < 4.78 is 3.76. The summed E-state index contributed by atoms with van der Waals surface area (Å²) in [5.74, 6) is 0. The number of para-hydroxylation sites is 1. The molecule has 0 saturated heterocycles. The number of dihydropyridines is 1. The number of rotatable bonds is 4. The minimum absolute atomic E-state index is 0.0743. The molecule has 2 aliphatic rings. The van der Waals surface area contributed by atoms with Crippen molar-refractivity contribution in [2.24, 2.45) is 0 Å². The number of hydrogen-bond donors (Lipinski definition) is 1. The first kappa shape index (κ1) is 27.2. The van der Waals surface area contributed by atoms with Crippen molar-refractivity contribution < 1.29 is 0 Å². The second-order valence-corrected chi connectivity index (χ2v) is 13.5. The molecule has 0 bridgehead atoms. The van der Waals surface area contributed by atoms with Gasteiger partial charge in [0, 0.05) is 49.4 Å². The van der Waals surface area contributed by atoms with Crippen LogP contribution in [-0.2, 0) is 0 Å². The number of pyridine rings is 1. The molecule has 8 aromatic rings. The highest BCUT2D eigenvalue weighted by Gasteiger charge is 2.25. The Balaban J connectivity index is 1.16. The number of nitrogens with one attached hydrogen (secondary N) is 1. The number of thiophene rings is 1. The molecule has 48 heavy (non-hydrogen) atoms. The van der Waals surface area contributed by atoms with E-state index in [-0.39, 0.29) is 6.04 Å². The van der Waals surface area contributed by atoms with Gasteiger partial charge in [-0.1, -0.05) is 115 Å². The molecule has 0 spiro atoms. The Morgan fingerprint density at radius 1 is 0.646 bits per heavy atom. The van der Waals surface area contributed by atoms with Gasteiger partial charge in [0.1, 0.15) is 0 Å². The summed E-state index contributed by atoms with van der Waals surface area (Å²) in [6.07, 6.45) is 10.7. The minimum Gasteiger partial charge on any atom is -0.378 e. The Morgan fingerprint density at radius 3 is 2.31 bits per heavy atom. The van der Waals surface area contributed by atoms with Crippen LogP contribution >= 0.6 is 11.3 Å². The van der Waals surface area contributed by atoms with Crippen LogP contribution in [0.1, 0.15) is 22.9 Å². The van der Waals surface area contributed by atoms with Crippen molar-refractivity contribution in [1.82, 2.24) is 14.9 Å². The number of fused-ring (bicyclic) bond motifs is 8. The van der Waals surface area contributed by atoms with Crippen LogP contribution in [0.4, 0.5) is 0 Å². The van der Waals surface area contributed by atoms with Crippen molar-refractivity contribution in [1.29, 1.82) is 0 Å². The number of benzene rings is 5. The first-order valence-electron chi connectivity index (χ1n) is 16.3. The van der Waals surface area contributed by atoms with E-state index in [4.69, 9.17) is 0 Å². The lowest BCUT2D eigenvalue weighted by Gasteiger charge is -2.27. The monoisotopic (exact) mass is 631 g/mol. The molecule has 5 aromatic carbocycles. The molecular weight excluding hydrogens is 603 g/mol. The summed E-state index contributed by atoms with van der Waals surface area (Å²) >= 11 is 1.91. The van der Waals surface area contributed by atoms with Gasteiger partial charge in [-0.3, -0.25) is 4.98 Å². The Kier molecular flexibility index (Phi) is 6.11. The lowest BCUT2D eigenvalue weighted by molar-refractivity contribution is 0.692. The van der Waals surface area contributed by atoms with Crippen LogP contribution in [-0.4, -0.2) is 9.55 Å².